The molecule has 0 aromatic heterocycles. The minimum Gasteiger partial charge on any atom is -0.435 e. The van der Waals surface area contributed by atoms with Crippen molar-refractivity contribution in [3.63, 3.8) is 0 Å². The lowest BCUT2D eigenvalue weighted by atomic mass is 10.1. The molecular weight excluding hydrogens is 380 g/mol. The van der Waals surface area contributed by atoms with Gasteiger partial charge in [-0.3, -0.25) is 4.79 Å². The molecule has 0 bridgehead atoms. The summed E-state index contributed by atoms with van der Waals surface area (Å²) in [6.45, 7) is -1.06. The number of benzene rings is 2. The number of nitrogens with one attached hydrogen (secondary N) is 1. The third-order valence-corrected chi connectivity index (χ3v) is 4.31. The third-order valence-electron chi connectivity index (χ3n) is 3.54. The van der Waals surface area contributed by atoms with Gasteiger partial charge in [-0.1, -0.05) is 46.3 Å². The molecule has 0 spiro atoms. The number of rotatable bonds is 7. The average molecular weight is 398 g/mol. The van der Waals surface area contributed by atoms with Crippen LogP contribution in [0.5, 0.6) is 5.75 Å². The van der Waals surface area contributed by atoms with E-state index in [2.05, 4.69) is 26.0 Å². The number of aryl methyl sites for hydroxylation is 1. The van der Waals surface area contributed by atoms with Crippen LogP contribution in [0, 0.1) is 0 Å². The number of hydrogen-bond acceptors (Lipinski definition) is 2. The molecule has 1 N–H and O–H groups in total. The molecule has 0 saturated carbocycles. The molecule has 1 amide bonds. The van der Waals surface area contributed by atoms with Crippen LogP contribution in [0.2, 0.25) is 0 Å². The van der Waals surface area contributed by atoms with Gasteiger partial charge in [0.1, 0.15) is 5.75 Å². The highest BCUT2D eigenvalue weighted by Crippen LogP contribution is 2.21. The maximum absolute atomic E-state index is 12.3. The largest absolute Gasteiger partial charge is 0.435 e. The first kappa shape index (κ1) is 18.4. The molecule has 0 saturated heterocycles. The van der Waals surface area contributed by atoms with Gasteiger partial charge in [-0.2, -0.15) is 8.78 Å². The van der Waals surface area contributed by atoms with Crippen LogP contribution in [-0.4, -0.2) is 12.5 Å². The fraction of sp³-hybridized carbons (Fsp3) is 0.278. The topological polar surface area (TPSA) is 38.3 Å². The summed E-state index contributed by atoms with van der Waals surface area (Å²) in [5.74, 6) is -0.0183. The first-order valence-electron chi connectivity index (χ1n) is 7.53. The predicted molar refractivity (Wildman–Crippen MR) is 92.1 cm³/mol. The van der Waals surface area contributed by atoms with E-state index in [0.29, 0.717) is 18.4 Å². The van der Waals surface area contributed by atoms with Crippen LogP contribution in [0.3, 0.4) is 0 Å². The van der Waals surface area contributed by atoms with Crippen molar-refractivity contribution in [2.24, 2.45) is 0 Å². The lowest BCUT2D eigenvalue weighted by Crippen LogP contribution is -2.26. The summed E-state index contributed by atoms with van der Waals surface area (Å²) in [7, 11) is 0. The molecule has 2 rings (SSSR count). The van der Waals surface area contributed by atoms with E-state index < -0.39 is 6.61 Å². The molecule has 0 aliphatic rings. The van der Waals surface area contributed by atoms with Gasteiger partial charge in [0.2, 0.25) is 5.91 Å². The van der Waals surface area contributed by atoms with E-state index in [9.17, 15) is 13.6 Å². The number of alkyl halides is 2. The zero-order valence-corrected chi connectivity index (χ0v) is 14.7. The van der Waals surface area contributed by atoms with Crippen LogP contribution in [-0.2, 0) is 11.2 Å². The summed E-state index contributed by atoms with van der Waals surface area (Å²) in [5, 5.41) is 2.87. The second-order valence-corrected chi connectivity index (χ2v) is 6.19. The van der Waals surface area contributed by atoms with Gasteiger partial charge >= 0.3 is 6.61 Å². The Kier molecular flexibility index (Phi) is 6.73. The molecule has 0 fully saturated rings. The van der Waals surface area contributed by atoms with E-state index in [1.807, 2.05) is 24.3 Å². The number of halogens is 3. The van der Waals surface area contributed by atoms with Crippen molar-refractivity contribution in [1.29, 1.82) is 0 Å². The number of carbonyl (C=O) groups excluding carboxylic acids is 1. The summed E-state index contributed by atoms with van der Waals surface area (Å²) in [6.07, 6.45) is 0.967. The predicted octanol–water partition coefficient (Wildman–Crippen LogP) is 4.86. The molecule has 1 unspecified atom stereocenters. The van der Waals surface area contributed by atoms with Crippen LogP contribution in [0.1, 0.15) is 30.5 Å². The molecule has 2 aromatic carbocycles. The Bertz CT molecular complexity index is 694. The Morgan fingerprint density at radius 2 is 1.96 bits per heavy atom. The molecule has 24 heavy (non-hydrogen) atoms. The van der Waals surface area contributed by atoms with E-state index >= 15 is 0 Å². The Morgan fingerprint density at radius 3 is 2.67 bits per heavy atom. The number of hydrogen-bond donors (Lipinski definition) is 1. The third kappa shape index (κ3) is 5.60. The van der Waals surface area contributed by atoms with Gasteiger partial charge in [0, 0.05) is 10.9 Å². The van der Waals surface area contributed by atoms with E-state index in [1.54, 1.807) is 19.1 Å². The van der Waals surface area contributed by atoms with Gasteiger partial charge in [-0.15, -0.1) is 0 Å². The number of amides is 1. The molecular formula is C18H18BrF2NO2. The van der Waals surface area contributed by atoms with Crippen molar-refractivity contribution in [2.45, 2.75) is 32.4 Å². The Labute approximate surface area is 148 Å². The van der Waals surface area contributed by atoms with Gasteiger partial charge < -0.3 is 10.1 Å². The summed E-state index contributed by atoms with van der Waals surface area (Å²) in [4.78, 5) is 12.1. The minimum atomic E-state index is -2.87. The number of ether oxygens (including phenoxy) is 1. The second kappa shape index (κ2) is 8.78. The van der Waals surface area contributed by atoms with E-state index in [1.165, 1.54) is 12.1 Å². The van der Waals surface area contributed by atoms with Crippen LogP contribution in [0.25, 0.3) is 0 Å². The standard InChI is InChI=1S/C18H18BrF2NO2/c1-12(14-6-4-7-15(11-14)24-18(20)21)22-17(23)10-9-13-5-2-3-8-16(13)19/h2-8,11-12,18H,9-10H2,1H3,(H,22,23). The summed E-state index contributed by atoms with van der Waals surface area (Å²) >= 11 is 3.45. The fourth-order valence-electron chi connectivity index (χ4n) is 2.31. The van der Waals surface area contributed by atoms with Gasteiger partial charge in [0.05, 0.1) is 6.04 Å². The quantitative estimate of drug-likeness (QED) is 0.724. The molecule has 3 nitrogen and oxygen atoms in total. The molecule has 0 aliphatic carbocycles. The first-order valence-corrected chi connectivity index (χ1v) is 8.32. The van der Waals surface area contributed by atoms with Crippen molar-refractivity contribution in [2.75, 3.05) is 0 Å². The zero-order chi connectivity index (χ0) is 17.5. The molecule has 0 aliphatic heterocycles. The normalized spacial score (nSPS) is 12.0. The monoisotopic (exact) mass is 397 g/mol. The highest BCUT2D eigenvalue weighted by atomic mass is 79.9. The molecule has 1 atom stereocenters. The maximum atomic E-state index is 12.3. The van der Waals surface area contributed by atoms with Crippen LogP contribution in [0.15, 0.2) is 53.0 Å². The van der Waals surface area contributed by atoms with Gasteiger partial charge in [0.15, 0.2) is 0 Å². The van der Waals surface area contributed by atoms with Crippen molar-refractivity contribution < 1.29 is 18.3 Å². The highest BCUT2D eigenvalue weighted by molar-refractivity contribution is 9.10. The van der Waals surface area contributed by atoms with Crippen molar-refractivity contribution >= 4 is 21.8 Å². The highest BCUT2D eigenvalue weighted by Gasteiger charge is 2.12. The van der Waals surface area contributed by atoms with Gasteiger partial charge in [-0.25, -0.2) is 0 Å². The summed E-state index contributed by atoms with van der Waals surface area (Å²) < 4.78 is 29.9. The van der Waals surface area contributed by atoms with E-state index in [0.717, 1.165) is 10.0 Å². The van der Waals surface area contributed by atoms with E-state index in [-0.39, 0.29) is 17.7 Å². The van der Waals surface area contributed by atoms with Gasteiger partial charge in [0.25, 0.3) is 0 Å². The smallest absolute Gasteiger partial charge is 0.387 e. The second-order valence-electron chi connectivity index (χ2n) is 5.33. The van der Waals surface area contributed by atoms with Crippen LogP contribution >= 0.6 is 15.9 Å². The minimum absolute atomic E-state index is 0.0804. The van der Waals surface area contributed by atoms with Crippen molar-refractivity contribution in [3.8, 4) is 5.75 Å². The lowest BCUT2D eigenvalue weighted by Gasteiger charge is -2.15. The van der Waals surface area contributed by atoms with Crippen molar-refractivity contribution in [3.05, 3.63) is 64.1 Å². The fourth-order valence-corrected chi connectivity index (χ4v) is 2.79. The lowest BCUT2D eigenvalue weighted by molar-refractivity contribution is -0.121. The Balaban J connectivity index is 1.90. The molecule has 6 heteroatoms. The summed E-state index contributed by atoms with van der Waals surface area (Å²) in [5.41, 5.74) is 1.77. The Morgan fingerprint density at radius 1 is 1.21 bits per heavy atom. The Hall–Kier alpha value is -1.95. The van der Waals surface area contributed by atoms with E-state index in [4.69, 9.17) is 0 Å². The van der Waals surface area contributed by atoms with Gasteiger partial charge in [-0.05, 0) is 42.7 Å². The van der Waals surface area contributed by atoms with Crippen LogP contribution < -0.4 is 10.1 Å². The molecule has 128 valence electrons. The molecule has 0 radical (unpaired) electrons. The molecule has 2 aromatic rings. The maximum Gasteiger partial charge on any atom is 0.387 e. The SMILES string of the molecule is CC(NC(=O)CCc1ccccc1Br)c1cccc(OC(F)F)c1. The number of carbonyl (C=O) groups is 1. The summed E-state index contributed by atoms with van der Waals surface area (Å²) in [6, 6.07) is 13.8. The average Bonchev–Trinajstić information content (AvgIpc) is 2.53. The molecule has 0 heterocycles. The van der Waals surface area contributed by atoms with Crippen LogP contribution in [0.4, 0.5) is 8.78 Å². The first-order chi connectivity index (χ1) is 11.5. The zero-order valence-electron chi connectivity index (χ0n) is 13.1. The van der Waals surface area contributed by atoms with Crippen molar-refractivity contribution in [1.82, 2.24) is 5.32 Å².